The van der Waals surface area contributed by atoms with Gasteiger partial charge in [0.2, 0.25) is 0 Å². The summed E-state index contributed by atoms with van der Waals surface area (Å²) in [5, 5.41) is 9.52. The fraction of sp³-hybridized carbons (Fsp3) is 0.125. The second-order valence-electron chi connectivity index (χ2n) is 4.64. The Balaban J connectivity index is 2.29. The van der Waals surface area contributed by atoms with E-state index in [1.165, 1.54) is 12.1 Å². The first-order valence-corrected chi connectivity index (χ1v) is 6.58. The van der Waals surface area contributed by atoms with E-state index in [1.807, 2.05) is 0 Å². The van der Waals surface area contributed by atoms with E-state index in [1.54, 1.807) is 38.1 Å². The van der Waals surface area contributed by atoms with Crippen molar-refractivity contribution in [2.24, 2.45) is 0 Å². The van der Waals surface area contributed by atoms with E-state index >= 15 is 0 Å². The predicted molar refractivity (Wildman–Crippen MR) is 79.3 cm³/mol. The van der Waals surface area contributed by atoms with Gasteiger partial charge in [-0.25, -0.2) is 9.59 Å². The molecule has 0 aliphatic rings. The average Bonchev–Trinajstić information content (AvgIpc) is 2.43. The summed E-state index contributed by atoms with van der Waals surface area (Å²) in [5.74, 6) is -1.15. The number of carbonyl (C=O) groups is 2. The lowest BCUT2D eigenvalue weighted by molar-refractivity contribution is 0.0696. The molecule has 2 rings (SSSR count). The Kier molecular flexibility index (Phi) is 4.29. The smallest absolute Gasteiger partial charge is 0.343 e. The molecule has 2 aromatic carbocycles. The van der Waals surface area contributed by atoms with E-state index in [2.05, 4.69) is 0 Å². The number of aryl methyl sites for hydroxylation is 2. The Morgan fingerprint density at radius 2 is 1.52 bits per heavy atom. The van der Waals surface area contributed by atoms with Gasteiger partial charge in [-0.1, -0.05) is 11.6 Å². The Hall–Kier alpha value is -2.33. The van der Waals surface area contributed by atoms with Gasteiger partial charge in [0.25, 0.3) is 0 Å². The first kappa shape index (κ1) is 15.1. The fourth-order valence-corrected chi connectivity index (χ4v) is 2.10. The minimum absolute atomic E-state index is 0.163. The summed E-state index contributed by atoms with van der Waals surface area (Å²) in [6.07, 6.45) is 0. The maximum Gasteiger partial charge on any atom is 0.343 e. The summed E-state index contributed by atoms with van der Waals surface area (Å²) in [7, 11) is 0. The maximum atomic E-state index is 12.1. The van der Waals surface area contributed by atoms with E-state index in [4.69, 9.17) is 21.4 Å². The van der Waals surface area contributed by atoms with Gasteiger partial charge >= 0.3 is 11.9 Å². The lowest BCUT2D eigenvalue weighted by Gasteiger charge is -2.11. The number of ether oxygens (including phenoxy) is 1. The molecule has 5 heteroatoms. The zero-order valence-electron chi connectivity index (χ0n) is 11.5. The molecular weight excluding hydrogens is 292 g/mol. The van der Waals surface area contributed by atoms with Gasteiger partial charge in [0.15, 0.2) is 0 Å². The minimum Gasteiger partial charge on any atom is -0.478 e. The number of hydrogen-bond acceptors (Lipinski definition) is 3. The van der Waals surface area contributed by atoms with Crippen LogP contribution in [0.3, 0.4) is 0 Å². The number of benzene rings is 2. The number of halogens is 1. The third-order valence-corrected chi connectivity index (χ3v) is 3.23. The fourth-order valence-electron chi connectivity index (χ4n) is 1.97. The van der Waals surface area contributed by atoms with Crippen molar-refractivity contribution in [2.75, 3.05) is 0 Å². The molecule has 2 aromatic rings. The molecule has 0 aliphatic heterocycles. The van der Waals surface area contributed by atoms with Crippen molar-refractivity contribution in [3.63, 3.8) is 0 Å². The third-order valence-electron chi connectivity index (χ3n) is 2.98. The predicted octanol–water partition coefficient (Wildman–Crippen LogP) is 3.87. The number of esters is 1. The number of carboxylic acids is 1. The summed E-state index contributed by atoms with van der Waals surface area (Å²) in [5.41, 5.74) is 1.72. The molecule has 0 spiro atoms. The van der Waals surface area contributed by atoms with Crippen LogP contribution >= 0.6 is 11.6 Å². The molecule has 0 saturated carbocycles. The van der Waals surface area contributed by atoms with E-state index in [0.717, 1.165) is 0 Å². The molecule has 0 heterocycles. The van der Waals surface area contributed by atoms with Crippen molar-refractivity contribution in [3.05, 3.63) is 63.7 Å². The molecule has 4 nitrogen and oxygen atoms in total. The number of aromatic carboxylic acids is 1. The van der Waals surface area contributed by atoms with Crippen LogP contribution in [0.5, 0.6) is 5.75 Å². The van der Waals surface area contributed by atoms with Crippen LogP contribution in [-0.4, -0.2) is 17.0 Å². The highest BCUT2D eigenvalue weighted by Crippen LogP contribution is 2.26. The van der Waals surface area contributed by atoms with Crippen molar-refractivity contribution in [1.29, 1.82) is 0 Å². The largest absolute Gasteiger partial charge is 0.478 e. The van der Waals surface area contributed by atoms with Crippen molar-refractivity contribution in [1.82, 2.24) is 0 Å². The van der Waals surface area contributed by atoms with Gasteiger partial charge in [-0.05, 0) is 61.4 Å². The van der Waals surface area contributed by atoms with Crippen LogP contribution in [0.25, 0.3) is 0 Å². The summed E-state index contributed by atoms with van der Waals surface area (Å²) in [6, 6.07) is 9.29. The molecule has 0 aromatic heterocycles. The SMILES string of the molecule is Cc1cc(C(=O)O)cc(C)c1OC(=O)c1ccc(Cl)cc1. The zero-order chi connectivity index (χ0) is 15.6. The summed E-state index contributed by atoms with van der Waals surface area (Å²) in [4.78, 5) is 23.0. The molecule has 0 bridgehead atoms. The first-order chi connectivity index (χ1) is 9.88. The normalized spacial score (nSPS) is 10.2. The van der Waals surface area contributed by atoms with Crippen molar-refractivity contribution in [3.8, 4) is 5.75 Å². The topological polar surface area (TPSA) is 63.6 Å². The van der Waals surface area contributed by atoms with Crippen LogP contribution in [0.2, 0.25) is 5.02 Å². The van der Waals surface area contributed by atoms with Gasteiger partial charge in [-0.2, -0.15) is 0 Å². The Bertz CT molecular complexity index is 682. The Labute approximate surface area is 126 Å². The molecule has 0 atom stereocenters. The van der Waals surface area contributed by atoms with Crippen molar-refractivity contribution >= 4 is 23.5 Å². The van der Waals surface area contributed by atoms with Gasteiger partial charge in [0.1, 0.15) is 5.75 Å². The van der Waals surface area contributed by atoms with E-state index in [-0.39, 0.29) is 5.56 Å². The highest BCUT2D eigenvalue weighted by atomic mass is 35.5. The molecular formula is C16H13ClO4. The van der Waals surface area contributed by atoms with Crippen LogP contribution < -0.4 is 4.74 Å². The Morgan fingerprint density at radius 3 is 2.00 bits per heavy atom. The maximum absolute atomic E-state index is 12.1. The quantitative estimate of drug-likeness (QED) is 0.690. The molecule has 1 N–H and O–H groups in total. The van der Waals surface area contributed by atoms with Crippen LogP contribution in [0.1, 0.15) is 31.8 Å². The van der Waals surface area contributed by atoms with Gasteiger partial charge in [-0.15, -0.1) is 0 Å². The highest BCUT2D eigenvalue weighted by Gasteiger charge is 2.15. The van der Waals surface area contributed by atoms with Crippen LogP contribution in [-0.2, 0) is 0 Å². The van der Waals surface area contributed by atoms with Crippen molar-refractivity contribution < 1.29 is 19.4 Å². The van der Waals surface area contributed by atoms with Gasteiger partial charge in [0, 0.05) is 5.02 Å². The second kappa shape index (κ2) is 5.97. The number of carboxylic acid groups (broad SMARTS) is 1. The molecule has 0 saturated heterocycles. The van der Waals surface area contributed by atoms with E-state index in [0.29, 0.717) is 27.5 Å². The van der Waals surface area contributed by atoms with Crippen molar-refractivity contribution in [2.45, 2.75) is 13.8 Å². The van der Waals surface area contributed by atoms with Crippen LogP contribution in [0, 0.1) is 13.8 Å². The van der Waals surface area contributed by atoms with Crippen LogP contribution in [0.4, 0.5) is 0 Å². The zero-order valence-corrected chi connectivity index (χ0v) is 12.3. The minimum atomic E-state index is -1.02. The standard InChI is InChI=1S/C16H13ClO4/c1-9-7-12(15(18)19)8-10(2)14(9)21-16(20)11-3-5-13(17)6-4-11/h3-8H,1-2H3,(H,18,19). The van der Waals surface area contributed by atoms with E-state index in [9.17, 15) is 9.59 Å². The first-order valence-electron chi connectivity index (χ1n) is 6.21. The number of hydrogen-bond donors (Lipinski definition) is 1. The summed E-state index contributed by atoms with van der Waals surface area (Å²) < 4.78 is 5.36. The third kappa shape index (κ3) is 3.41. The van der Waals surface area contributed by atoms with Gasteiger partial charge in [-0.3, -0.25) is 0 Å². The lowest BCUT2D eigenvalue weighted by atomic mass is 10.1. The monoisotopic (exact) mass is 304 g/mol. The average molecular weight is 305 g/mol. The number of carbonyl (C=O) groups excluding carboxylic acids is 1. The second-order valence-corrected chi connectivity index (χ2v) is 5.08. The van der Waals surface area contributed by atoms with Gasteiger partial charge < -0.3 is 9.84 Å². The highest BCUT2D eigenvalue weighted by molar-refractivity contribution is 6.30. The molecule has 21 heavy (non-hydrogen) atoms. The molecule has 108 valence electrons. The summed E-state index contributed by atoms with van der Waals surface area (Å²) >= 11 is 5.77. The lowest BCUT2D eigenvalue weighted by Crippen LogP contribution is -2.11. The molecule has 0 fully saturated rings. The molecule has 0 aliphatic carbocycles. The van der Waals surface area contributed by atoms with Gasteiger partial charge in [0.05, 0.1) is 11.1 Å². The molecule has 0 unspecified atom stereocenters. The van der Waals surface area contributed by atoms with E-state index < -0.39 is 11.9 Å². The molecule has 0 amide bonds. The summed E-state index contributed by atoms with van der Waals surface area (Å²) in [6.45, 7) is 3.40. The molecule has 0 radical (unpaired) electrons. The number of rotatable bonds is 3. The Morgan fingerprint density at radius 1 is 1.00 bits per heavy atom. The van der Waals surface area contributed by atoms with Crippen LogP contribution in [0.15, 0.2) is 36.4 Å².